The molecule has 11 heteroatoms. The number of alkyl halides is 2. The number of hydrogen-bond acceptors (Lipinski definition) is 7. The Kier molecular flexibility index (Phi) is 4.80. The largest absolute Gasteiger partial charge is 0.423 e. The molecule has 2 aliphatic heterocycles. The molecule has 1 aromatic carbocycles. The first kappa shape index (κ1) is 21.3. The Morgan fingerprint density at radius 3 is 2.56 bits per heavy atom. The second-order valence-corrected chi connectivity index (χ2v) is 9.53. The molecule has 0 amide bonds. The number of piperidine rings is 1. The molecule has 0 saturated carbocycles. The quantitative estimate of drug-likeness (QED) is 0.442. The van der Waals surface area contributed by atoms with Crippen LogP contribution in [0.15, 0.2) is 22.6 Å². The van der Waals surface area contributed by atoms with E-state index in [1.807, 2.05) is 0 Å². The van der Waals surface area contributed by atoms with Gasteiger partial charge >= 0.3 is 0 Å². The number of fused-ring (bicyclic) bond motifs is 2. The lowest BCUT2D eigenvalue weighted by atomic mass is 9.78. The van der Waals surface area contributed by atoms with Gasteiger partial charge < -0.3 is 14.2 Å². The minimum absolute atomic E-state index is 0.0170. The van der Waals surface area contributed by atoms with Gasteiger partial charge in [-0.3, -0.25) is 0 Å². The Balaban J connectivity index is 1.36. The first-order valence-electron chi connectivity index (χ1n) is 11.4. The fourth-order valence-corrected chi connectivity index (χ4v) is 5.16. The third-order valence-corrected chi connectivity index (χ3v) is 7.17. The highest BCUT2D eigenvalue weighted by Crippen LogP contribution is 2.42. The average Bonchev–Trinajstić information content (AvgIpc) is 3.51. The summed E-state index contributed by atoms with van der Waals surface area (Å²) in [7, 11) is 2.14. The molecule has 1 spiro atoms. The summed E-state index contributed by atoms with van der Waals surface area (Å²) in [5, 5.41) is 8.32. The van der Waals surface area contributed by atoms with Crippen LogP contribution < -0.4 is 4.90 Å². The van der Waals surface area contributed by atoms with Crippen LogP contribution >= 0.6 is 0 Å². The molecule has 34 heavy (non-hydrogen) atoms. The average molecular weight is 471 g/mol. The number of hydrogen-bond donors (Lipinski definition) is 0. The van der Waals surface area contributed by atoms with Gasteiger partial charge in [-0.15, -0.1) is 14.8 Å². The van der Waals surface area contributed by atoms with Gasteiger partial charge in [-0.1, -0.05) is 0 Å². The van der Waals surface area contributed by atoms with E-state index in [1.165, 1.54) is 12.1 Å². The highest BCUT2D eigenvalue weighted by Gasteiger charge is 2.41. The van der Waals surface area contributed by atoms with E-state index in [1.54, 1.807) is 13.0 Å². The van der Waals surface area contributed by atoms with E-state index in [9.17, 15) is 8.78 Å². The van der Waals surface area contributed by atoms with Crippen LogP contribution in [-0.4, -0.2) is 62.9 Å². The molecule has 2 fully saturated rings. The van der Waals surface area contributed by atoms with Crippen LogP contribution in [0.3, 0.4) is 0 Å². The van der Waals surface area contributed by atoms with Gasteiger partial charge in [-0.2, -0.15) is 4.98 Å². The lowest BCUT2D eigenvalue weighted by molar-refractivity contribution is 0.141. The number of anilines is 1. The van der Waals surface area contributed by atoms with E-state index >= 15 is 4.39 Å². The molecular weight excluding hydrogens is 447 g/mol. The van der Waals surface area contributed by atoms with Crippen molar-refractivity contribution < 1.29 is 17.6 Å². The van der Waals surface area contributed by atoms with Gasteiger partial charge in [-0.05, 0) is 69.9 Å². The molecule has 0 radical (unpaired) electrons. The number of nitrogens with zero attached hydrogens (tertiary/aromatic N) is 7. The number of aryl methyl sites for hydroxylation is 1. The summed E-state index contributed by atoms with van der Waals surface area (Å²) in [4.78, 5) is 12.9. The molecule has 6 rings (SSSR count). The highest BCUT2D eigenvalue weighted by atomic mass is 19.3. The summed E-state index contributed by atoms with van der Waals surface area (Å²) in [6.07, 6.45) is 0.535. The smallest absolute Gasteiger partial charge is 0.298 e. The minimum Gasteiger partial charge on any atom is -0.423 e. The number of oxazole rings is 1. The zero-order valence-corrected chi connectivity index (χ0v) is 18.9. The summed E-state index contributed by atoms with van der Waals surface area (Å²) in [6.45, 7) is 5.39. The third-order valence-electron chi connectivity index (χ3n) is 7.17. The van der Waals surface area contributed by atoms with Crippen LogP contribution in [-0.2, 0) is 0 Å². The van der Waals surface area contributed by atoms with E-state index in [0.29, 0.717) is 17.4 Å². The van der Waals surface area contributed by atoms with Crippen LogP contribution in [0.4, 0.5) is 19.2 Å². The molecule has 0 N–H and O–H groups in total. The van der Waals surface area contributed by atoms with E-state index in [0.717, 1.165) is 50.1 Å². The van der Waals surface area contributed by atoms with E-state index in [2.05, 4.69) is 37.0 Å². The molecule has 8 nitrogen and oxygen atoms in total. The topological polar surface area (TPSA) is 75.6 Å². The van der Waals surface area contributed by atoms with Gasteiger partial charge in [0.05, 0.1) is 11.3 Å². The number of rotatable bonds is 3. The fraction of sp³-hybridized carbons (Fsp3) is 0.478. The Labute approximate surface area is 193 Å². The van der Waals surface area contributed by atoms with Crippen LogP contribution in [0, 0.1) is 18.2 Å². The molecule has 2 aliphatic rings. The molecular formula is C23H24F3N7O. The van der Waals surface area contributed by atoms with Crippen molar-refractivity contribution in [3.8, 4) is 11.3 Å². The van der Waals surface area contributed by atoms with E-state index < -0.39 is 12.2 Å². The van der Waals surface area contributed by atoms with Crippen molar-refractivity contribution in [2.45, 2.75) is 32.6 Å². The zero-order chi connectivity index (χ0) is 23.6. The molecule has 5 heterocycles. The Morgan fingerprint density at radius 2 is 1.79 bits per heavy atom. The number of benzene rings is 1. The molecule has 0 aliphatic carbocycles. The molecule has 0 unspecified atom stereocenters. The van der Waals surface area contributed by atoms with E-state index in [4.69, 9.17) is 4.42 Å². The Hall–Kier alpha value is -3.21. The first-order valence-corrected chi connectivity index (χ1v) is 11.4. The van der Waals surface area contributed by atoms with Crippen molar-refractivity contribution in [2.24, 2.45) is 5.41 Å². The van der Waals surface area contributed by atoms with Gasteiger partial charge in [0, 0.05) is 18.7 Å². The van der Waals surface area contributed by atoms with Crippen LogP contribution in [0.25, 0.3) is 28.0 Å². The molecule has 4 aromatic rings. The van der Waals surface area contributed by atoms with Gasteiger partial charge in [0.1, 0.15) is 11.3 Å². The normalized spacial score (nSPS) is 18.8. The maximum Gasteiger partial charge on any atom is 0.298 e. The molecule has 0 atom stereocenters. The number of aromatic nitrogens is 5. The third kappa shape index (κ3) is 3.49. The van der Waals surface area contributed by atoms with Crippen molar-refractivity contribution in [3.05, 3.63) is 35.4 Å². The van der Waals surface area contributed by atoms with Crippen LogP contribution in [0.1, 0.15) is 37.1 Å². The Morgan fingerprint density at radius 1 is 1.03 bits per heavy atom. The Bertz CT molecular complexity index is 1390. The monoisotopic (exact) mass is 471 g/mol. The van der Waals surface area contributed by atoms with Gasteiger partial charge in [0.2, 0.25) is 0 Å². The van der Waals surface area contributed by atoms with Crippen molar-refractivity contribution in [3.63, 3.8) is 0 Å². The van der Waals surface area contributed by atoms with Gasteiger partial charge in [-0.25, -0.2) is 18.2 Å². The van der Waals surface area contributed by atoms with Gasteiger partial charge in [0.15, 0.2) is 17.0 Å². The highest BCUT2D eigenvalue weighted by molar-refractivity contribution is 5.81. The molecule has 3 aromatic heterocycles. The van der Waals surface area contributed by atoms with Crippen molar-refractivity contribution in [1.29, 1.82) is 0 Å². The maximum absolute atomic E-state index is 15.0. The second kappa shape index (κ2) is 7.66. The SMILES string of the molecule is Cc1nc2c(C(F)F)cc(-c3cc(F)c4nc(N5CCC6(CCN(C)CC6)C5)oc4c3)nn2n1. The van der Waals surface area contributed by atoms with Crippen LogP contribution in [0.5, 0.6) is 0 Å². The first-order chi connectivity index (χ1) is 16.3. The molecule has 2 saturated heterocycles. The molecule has 178 valence electrons. The van der Waals surface area contributed by atoms with Crippen molar-refractivity contribution >= 4 is 22.8 Å². The predicted octanol–water partition coefficient (Wildman–Crippen LogP) is 4.24. The molecule has 0 bridgehead atoms. The predicted molar refractivity (Wildman–Crippen MR) is 119 cm³/mol. The lowest BCUT2D eigenvalue weighted by Crippen LogP contribution is -2.39. The maximum atomic E-state index is 15.0. The number of likely N-dealkylation sites (tertiary alicyclic amines) is 1. The fourth-order valence-electron chi connectivity index (χ4n) is 5.16. The summed E-state index contributed by atoms with van der Waals surface area (Å²) in [6, 6.07) is 4.44. The summed E-state index contributed by atoms with van der Waals surface area (Å²) >= 11 is 0. The number of halogens is 3. The van der Waals surface area contributed by atoms with Crippen LogP contribution in [0.2, 0.25) is 0 Å². The summed E-state index contributed by atoms with van der Waals surface area (Å²) < 4.78 is 49.4. The van der Waals surface area contributed by atoms with Crippen molar-refractivity contribution in [2.75, 3.05) is 38.1 Å². The van der Waals surface area contributed by atoms with Gasteiger partial charge in [0.25, 0.3) is 12.4 Å². The second-order valence-electron chi connectivity index (χ2n) is 9.53. The lowest BCUT2D eigenvalue weighted by Gasteiger charge is -2.37. The van der Waals surface area contributed by atoms with E-state index in [-0.39, 0.29) is 33.4 Å². The standard InChI is InChI=1S/C23H24F3N7O/c1-13-27-21-15(20(25)26)11-17(30-33(21)29-13)14-9-16(24)19-18(10-14)34-22(28-19)32-8-5-23(12-32)3-6-31(2)7-4-23/h9-11,20H,3-8,12H2,1-2H3. The van der Waals surface area contributed by atoms with Crippen molar-refractivity contribution in [1.82, 2.24) is 29.7 Å². The summed E-state index contributed by atoms with van der Waals surface area (Å²) in [5.41, 5.74) is 0.745. The zero-order valence-electron chi connectivity index (χ0n) is 18.9. The summed E-state index contributed by atoms with van der Waals surface area (Å²) in [5.74, 6) is -0.271. The minimum atomic E-state index is -2.78.